The summed E-state index contributed by atoms with van der Waals surface area (Å²) in [4.78, 5) is 13.0. The Morgan fingerprint density at radius 3 is 2.55 bits per heavy atom. The zero-order chi connectivity index (χ0) is 21.0. The van der Waals surface area contributed by atoms with Crippen LogP contribution in [0.3, 0.4) is 0 Å². The molecule has 0 bridgehead atoms. The second-order valence-electron chi connectivity index (χ2n) is 6.87. The van der Waals surface area contributed by atoms with E-state index in [1.54, 1.807) is 0 Å². The molecule has 0 N–H and O–H groups in total. The number of esters is 1. The fourth-order valence-electron chi connectivity index (χ4n) is 3.26. The van der Waals surface area contributed by atoms with Gasteiger partial charge < -0.3 is 9.47 Å². The molecule has 0 saturated carbocycles. The van der Waals surface area contributed by atoms with Gasteiger partial charge in [-0.05, 0) is 53.4 Å². The van der Waals surface area contributed by atoms with E-state index in [1.807, 2.05) is 50.2 Å². The number of aryl methyl sites for hydroxylation is 2. The van der Waals surface area contributed by atoms with Gasteiger partial charge >= 0.3 is 5.97 Å². The van der Waals surface area contributed by atoms with E-state index < -0.39 is 16.8 Å². The Morgan fingerprint density at radius 1 is 1.03 bits per heavy atom. The van der Waals surface area contributed by atoms with Crippen molar-refractivity contribution in [3.05, 3.63) is 83.1 Å². The van der Waals surface area contributed by atoms with Gasteiger partial charge in [0, 0.05) is 4.90 Å². The second kappa shape index (κ2) is 9.05. The molecule has 0 amide bonds. The highest BCUT2D eigenvalue weighted by Crippen LogP contribution is 2.29. The number of rotatable bonds is 6. The number of hydrogen-bond donors (Lipinski definition) is 0. The van der Waals surface area contributed by atoms with E-state index in [1.165, 1.54) is 20.5 Å². The minimum Gasteiger partial charge on any atom is -0.503 e. The van der Waals surface area contributed by atoms with Crippen molar-refractivity contribution in [2.24, 2.45) is 0 Å². The number of ether oxygens (including phenoxy) is 2. The molecular weight excluding hydrogens is 384 g/mol. The van der Waals surface area contributed by atoms with E-state index in [0.29, 0.717) is 21.8 Å². The summed E-state index contributed by atoms with van der Waals surface area (Å²) in [5.74, 6) is -0.0415. The third kappa shape index (κ3) is 4.57. The smallest absolute Gasteiger partial charge is 0.341 e. The average molecular weight is 409 g/mol. The van der Waals surface area contributed by atoms with Gasteiger partial charge in [0.05, 0.1) is 37.0 Å². The van der Waals surface area contributed by atoms with Crippen LogP contribution in [0.4, 0.5) is 0 Å². The lowest BCUT2D eigenvalue weighted by Crippen LogP contribution is -2.05. The van der Waals surface area contributed by atoms with Crippen LogP contribution in [0, 0.1) is 13.8 Å². The van der Waals surface area contributed by atoms with Gasteiger partial charge in [0.2, 0.25) is 0 Å². The van der Waals surface area contributed by atoms with Crippen molar-refractivity contribution in [2.75, 3.05) is 14.2 Å². The SMILES string of the molecule is COC=C(C(=O)OC)c1cccc2ccc(S(=O)Cc3cc(C)ccc3C)cc12. The molecule has 0 aliphatic rings. The molecule has 0 radical (unpaired) electrons. The Kier molecular flexibility index (Phi) is 6.49. The third-order valence-corrected chi connectivity index (χ3v) is 6.19. The molecular formula is C24H24O4S. The zero-order valence-electron chi connectivity index (χ0n) is 17.0. The van der Waals surface area contributed by atoms with Crippen LogP contribution in [0.2, 0.25) is 0 Å². The fourth-order valence-corrected chi connectivity index (χ4v) is 4.49. The Hall–Kier alpha value is -2.92. The molecule has 3 rings (SSSR count). The summed E-state index contributed by atoms with van der Waals surface area (Å²) in [6, 6.07) is 17.5. The summed E-state index contributed by atoms with van der Waals surface area (Å²) in [6.07, 6.45) is 1.38. The summed E-state index contributed by atoms with van der Waals surface area (Å²) in [6.45, 7) is 4.06. The van der Waals surface area contributed by atoms with Gasteiger partial charge in [-0.1, -0.05) is 48.0 Å². The van der Waals surface area contributed by atoms with Crippen LogP contribution in [0.25, 0.3) is 16.3 Å². The quantitative estimate of drug-likeness (QED) is 0.330. The highest BCUT2D eigenvalue weighted by molar-refractivity contribution is 7.84. The number of hydrogen-bond acceptors (Lipinski definition) is 4. The maximum absolute atomic E-state index is 13.1. The van der Waals surface area contributed by atoms with Crippen molar-refractivity contribution < 1.29 is 18.5 Å². The molecule has 0 saturated heterocycles. The van der Waals surface area contributed by atoms with E-state index in [-0.39, 0.29) is 0 Å². The lowest BCUT2D eigenvalue weighted by atomic mass is 9.99. The summed E-state index contributed by atoms with van der Waals surface area (Å²) in [5, 5.41) is 1.77. The van der Waals surface area contributed by atoms with E-state index >= 15 is 0 Å². The lowest BCUT2D eigenvalue weighted by Gasteiger charge is -2.12. The van der Waals surface area contributed by atoms with Gasteiger partial charge in [-0.3, -0.25) is 4.21 Å². The largest absolute Gasteiger partial charge is 0.503 e. The molecule has 0 spiro atoms. The molecule has 0 heterocycles. The van der Waals surface area contributed by atoms with Gasteiger partial charge in [-0.2, -0.15) is 0 Å². The van der Waals surface area contributed by atoms with Gasteiger partial charge in [0.1, 0.15) is 5.57 Å². The topological polar surface area (TPSA) is 52.6 Å². The van der Waals surface area contributed by atoms with Crippen LogP contribution in [-0.4, -0.2) is 24.4 Å². The van der Waals surface area contributed by atoms with Gasteiger partial charge in [-0.15, -0.1) is 0 Å². The number of methoxy groups -OCH3 is 2. The Labute approximate surface area is 173 Å². The highest BCUT2D eigenvalue weighted by atomic mass is 32.2. The molecule has 4 nitrogen and oxygen atoms in total. The normalized spacial score (nSPS) is 12.6. The number of carbonyl (C=O) groups is 1. The van der Waals surface area contributed by atoms with Crippen LogP contribution in [0.1, 0.15) is 22.3 Å². The maximum Gasteiger partial charge on any atom is 0.341 e. The van der Waals surface area contributed by atoms with Crippen LogP contribution in [-0.2, 0) is 30.8 Å². The molecule has 0 aliphatic heterocycles. The first-order valence-electron chi connectivity index (χ1n) is 9.23. The molecule has 1 atom stereocenters. The predicted octanol–water partition coefficient (Wildman–Crippen LogP) is 4.92. The molecule has 0 aliphatic carbocycles. The van der Waals surface area contributed by atoms with Crippen LogP contribution in [0.15, 0.2) is 65.8 Å². The average Bonchev–Trinajstić information content (AvgIpc) is 2.73. The van der Waals surface area contributed by atoms with Crippen molar-refractivity contribution in [3.63, 3.8) is 0 Å². The summed E-state index contributed by atoms with van der Waals surface area (Å²) >= 11 is 0. The first-order valence-corrected chi connectivity index (χ1v) is 10.6. The molecule has 3 aromatic rings. The molecule has 29 heavy (non-hydrogen) atoms. The van der Waals surface area contributed by atoms with Gasteiger partial charge in [-0.25, -0.2) is 4.79 Å². The van der Waals surface area contributed by atoms with Crippen LogP contribution in [0.5, 0.6) is 0 Å². The van der Waals surface area contributed by atoms with Gasteiger partial charge in [0.15, 0.2) is 0 Å². The lowest BCUT2D eigenvalue weighted by molar-refractivity contribution is -0.133. The van der Waals surface area contributed by atoms with E-state index in [9.17, 15) is 9.00 Å². The minimum absolute atomic E-state index is 0.318. The molecule has 150 valence electrons. The fraction of sp³-hybridized carbons (Fsp3) is 0.208. The highest BCUT2D eigenvalue weighted by Gasteiger charge is 2.17. The molecule has 0 fully saturated rings. The first-order chi connectivity index (χ1) is 13.9. The number of carbonyl (C=O) groups excluding carboxylic acids is 1. The molecule has 3 aromatic carbocycles. The number of benzene rings is 3. The van der Waals surface area contributed by atoms with Crippen LogP contribution < -0.4 is 0 Å². The molecule has 5 heteroatoms. The third-order valence-electron chi connectivity index (χ3n) is 4.84. The van der Waals surface area contributed by atoms with Crippen molar-refractivity contribution in [2.45, 2.75) is 24.5 Å². The Balaban J connectivity index is 2.05. The molecule has 1 unspecified atom stereocenters. The van der Waals surface area contributed by atoms with Crippen molar-refractivity contribution in [3.8, 4) is 0 Å². The number of fused-ring (bicyclic) bond motifs is 1. The van der Waals surface area contributed by atoms with Crippen molar-refractivity contribution in [1.82, 2.24) is 0 Å². The minimum atomic E-state index is -1.21. The van der Waals surface area contributed by atoms with Gasteiger partial charge in [0.25, 0.3) is 0 Å². The summed E-state index contributed by atoms with van der Waals surface area (Å²) < 4.78 is 23.1. The van der Waals surface area contributed by atoms with E-state index in [4.69, 9.17) is 9.47 Å². The first kappa shape index (κ1) is 20.8. The van der Waals surface area contributed by atoms with Crippen LogP contribution >= 0.6 is 0 Å². The monoisotopic (exact) mass is 408 g/mol. The van der Waals surface area contributed by atoms with E-state index in [2.05, 4.69) is 18.2 Å². The Morgan fingerprint density at radius 2 is 1.83 bits per heavy atom. The van der Waals surface area contributed by atoms with E-state index in [0.717, 1.165) is 27.5 Å². The van der Waals surface area contributed by atoms with Crippen molar-refractivity contribution in [1.29, 1.82) is 0 Å². The maximum atomic E-state index is 13.1. The van der Waals surface area contributed by atoms with Crippen molar-refractivity contribution >= 4 is 33.1 Å². The standard InChI is InChI=1S/C24H24O4S/c1-16-8-9-17(2)19(12-16)15-29(26)20-11-10-18-6-5-7-21(22(18)13-20)23(14-27-3)24(25)28-4/h5-14H,15H2,1-4H3. The Bertz CT molecular complexity index is 1120. The summed E-state index contributed by atoms with van der Waals surface area (Å²) in [5.41, 5.74) is 4.35. The predicted molar refractivity (Wildman–Crippen MR) is 117 cm³/mol. The zero-order valence-corrected chi connectivity index (χ0v) is 17.8. The summed E-state index contributed by atoms with van der Waals surface area (Å²) in [7, 11) is 1.61. The second-order valence-corrected chi connectivity index (χ2v) is 8.32. The molecule has 0 aromatic heterocycles.